The topological polar surface area (TPSA) is 67.3 Å². The Morgan fingerprint density at radius 1 is 1.42 bits per heavy atom. The van der Waals surface area contributed by atoms with E-state index in [2.05, 4.69) is 4.98 Å². The first kappa shape index (κ1) is 18.5. The molecule has 6 nitrogen and oxygen atoms in total. The largest absolute Gasteiger partial charge is 0.406 e. The van der Waals surface area contributed by atoms with Crippen molar-refractivity contribution in [2.24, 2.45) is 5.92 Å². The number of hydrogen-bond donors (Lipinski definition) is 1. The second kappa shape index (κ2) is 7.14. The first-order valence-electron chi connectivity index (χ1n) is 8.45. The number of H-pyrrole nitrogens is 1. The highest BCUT2D eigenvalue weighted by molar-refractivity contribution is 5.97. The van der Waals surface area contributed by atoms with E-state index in [1.165, 1.54) is 18.2 Å². The van der Waals surface area contributed by atoms with Crippen LogP contribution in [-0.4, -0.2) is 52.8 Å². The number of alkyl halides is 3. The van der Waals surface area contributed by atoms with Crippen molar-refractivity contribution in [1.82, 2.24) is 14.5 Å². The SMILES string of the molecule is CCN(CC1CCOC1)C(=O)c1ccc2c(c1)[nH]c(=O)n2CC(F)(F)F. The molecular weight excluding hydrogens is 351 g/mol. The van der Waals surface area contributed by atoms with Gasteiger partial charge >= 0.3 is 11.9 Å². The van der Waals surface area contributed by atoms with Crippen molar-refractivity contribution in [1.29, 1.82) is 0 Å². The summed E-state index contributed by atoms with van der Waals surface area (Å²) in [7, 11) is 0. The van der Waals surface area contributed by atoms with Crippen LogP contribution in [0.2, 0.25) is 0 Å². The number of imidazole rings is 1. The molecule has 3 rings (SSSR count). The van der Waals surface area contributed by atoms with Crippen LogP contribution in [0.3, 0.4) is 0 Å². The predicted molar refractivity (Wildman–Crippen MR) is 89.1 cm³/mol. The number of carbonyl (C=O) groups excluding carboxylic acids is 1. The molecule has 26 heavy (non-hydrogen) atoms. The molecule has 2 heterocycles. The summed E-state index contributed by atoms with van der Waals surface area (Å²) in [6.45, 7) is 2.89. The third-order valence-corrected chi connectivity index (χ3v) is 4.53. The lowest BCUT2D eigenvalue weighted by Crippen LogP contribution is -2.35. The zero-order valence-electron chi connectivity index (χ0n) is 14.3. The molecule has 1 fully saturated rings. The smallest absolute Gasteiger partial charge is 0.381 e. The molecule has 2 aromatic rings. The highest BCUT2D eigenvalue weighted by Crippen LogP contribution is 2.21. The average molecular weight is 371 g/mol. The molecule has 0 radical (unpaired) electrons. The summed E-state index contributed by atoms with van der Waals surface area (Å²) in [6.07, 6.45) is -3.60. The summed E-state index contributed by atoms with van der Waals surface area (Å²) in [6, 6.07) is 4.26. The summed E-state index contributed by atoms with van der Waals surface area (Å²) in [5.74, 6) is 0.0704. The van der Waals surface area contributed by atoms with Gasteiger partial charge in [-0.25, -0.2) is 4.79 Å². The summed E-state index contributed by atoms with van der Waals surface area (Å²) in [5.41, 5.74) is -0.183. The van der Waals surface area contributed by atoms with Crippen LogP contribution in [-0.2, 0) is 11.3 Å². The number of rotatable bonds is 5. The van der Waals surface area contributed by atoms with E-state index in [9.17, 15) is 22.8 Å². The molecule has 1 atom stereocenters. The molecule has 1 aromatic heterocycles. The maximum Gasteiger partial charge on any atom is 0.406 e. The fourth-order valence-corrected chi connectivity index (χ4v) is 3.21. The Bertz CT molecular complexity index is 850. The van der Waals surface area contributed by atoms with Crippen molar-refractivity contribution in [2.75, 3.05) is 26.3 Å². The van der Waals surface area contributed by atoms with Gasteiger partial charge in [0.15, 0.2) is 0 Å². The van der Waals surface area contributed by atoms with Crippen molar-refractivity contribution >= 4 is 16.9 Å². The lowest BCUT2D eigenvalue weighted by atomic mass is 10.1. The molecule has 1 saturated heterocycles. The molecular formula is C17H20F3N3O3. The van der Waals surface area contributed by atoms with Crippen LogP contribution in [0.4, 0.5) is 13.2 Å². The van der Waals surface area contributed by atoms with Gasteiger partial charge in [-0.3, -0.25) is 9.36 Å². The van der Waals surface area contributed by atoms with Gasteiger partial charge in [0.05, 0.1) is 17.6 Å². The molecule has 1 aliphatic rings. The van der Waals surface area contributed by atoms with Gasteiger partial charge in [-0.05, 0) is 31.5 Å². The van der Waals surface area contributed by atoms with Gasteiger partial charge in [0.1, 0.15) is 6.54 Å². The van der Waals surface area contributed by atoms with Crippen molar-refractivity contribution in [3.63, 3.8) is 0 Å². The van der Waals surface area contributed by atoms with E-state index >= 15 is 0 Å². The number of nitrogens with one attached hydrogen (secondary N) is 1. The van der Waals surface area contributed by atoms with Crippen LogP contribution in [0.5, 0.6) is 0 Å². The van der Waals surface area contributed by atoms with Gasteiger partial charge in [-0.15, -0.1) is 0 Å². The van der Waals surface area contributed by atoms with Crippen LogP contribution in [0.25, 0.3) is 11.0 Å². The summed E-state index contributed by atoms with van der Waals surface area (Å²) >= 11 is 0. The second-order valence-electron chi connectivity index (χ2n) is 6.44. The average Bonchev–Trinajstić information content (AvgIpc) is 3.19. The zero-order chi connectivity index (χ0) is 18.9. The number of amides is 1. The van der Waals surface area contributed by atoms with Crippen molar-refractivity contribution in [2.45, 2.75) is 26.1 Å². The molecule has 0 aliphatic carbocycles. The van der Waals surface area contributed by atoms with E-state index in [4.69, 9.17) is 4.74 Å². The Labute approximate surface area is 147 Å². The van der Waals surface area contributed by atoms with Gasteiger partial charge in [0.2, 0.25) is 0 Å². The van der Waals surface area contributed by atoms with Gasteiger partial charge in [0.25, 0.3) is 5.91 Å². The molecule has 142 valence electrons. The number of aromatic nitrogens is 2. The normalized spacial score (nSPS) is 17.8. The minimum atomic E-state index is -4.50. The third kappa shape index (κ3) is 3.92. The number of benzene rings is 1. The molecule has 0 spiro atoms. The van der Waals surface area contributed by atoms with Gasteiger partial charge in [-0.1, -0.05) is 0 Å². The zero-order valence-corrected chi connectivity index (χ0v) is 14.3. The molecule has 0 bridgehead atoms. The van der Waals surface area contributed by atoms with E-state index in [-0.39, 0.29) is 22.9 Å². The number of carbonyl (C=O) groups is 1. The van der Waals surface area contributed by atoms with Crippen LogP contribution < -0.4 is 5.69 Å². The fraction of sp³-hybridized carbons (Fsp3) is 0.529. The van der Waals surface area contributed by atoms with Crippen molar-refractivity contribution in [3.8, 4) is 0 Å². The molecule has 1 aromatic carbocycles. The van der Waals surface area contributed by atoms with Crippen molar-refractivity contribution in [3.05, 3.63) is 34.2 Å². The third-order valence-electron chi connectivity index (χ3n) is 4.53. The van der Waals surface area contributed by atoms with E-state index in [1.807, 2.05) is 6.92 Å². The molecule has 9 heteroatoms. The summed E-state index contributed by atoms with van der Waals surface area (Å²) < 4.78 is 43.9. The Morgan fingerprint density at radius 2 is 2.19 bits per heavy atom. The predicted octanol–water partition coefficient (Wildman–Crippen LogP) is 2.39. The van der Waals surface area contributed by atoms with Crippen LogP contribution in [0, 0.1) is 5.92 Å². The van der Waals surface area contributed by atoms with E-state index in [1.54, 1.807) is 4.90 Å². The maximum absolute atomic E-state index is 12.7. The Kier molecular flexibility index (Phi) is 5.08. The lowest BCUT2D eigenvalue weighted by Gasteiger charge is -2.23. The highest BCUT2D eigenvalue weighted by atomic mass is 19.4. The van der Waals surface area contributed by atoms with E-state index in [0.29, 0.717) is 36.4 Å². The Balaban J connectivity index is 1.86. The lowest BCUT2D eigenvalue weighted by molar-refractivity contribution is -0.140. The first-order chi connectivity index (χ1) is 12.3. The van der Waals surface area contributed by atoms with Crippen LogP contribution in [0.1, 0.15) is 23.7 Å². The quantitative estimate of drug-likeness (QED) is 0.878. The van der Waals surface area contributed by atoms with Gasteiger partial charge in [0, 0.05) is 31.2 Å². The maximum atomic E-state index is 12.7. The van der Waals surface area contributed by atoms with Gasteiger partial charge < -0.3 is 14.6 Å². The molecule has 0 saturated carbocycles. The van der Waals surface area contributed by atoms with Gasteiger partial charge in [-0.2, -0.15) is 13.2 Å². The number of hydrogen-bond acceptors (Lipinski definition) is 3. The number of ether oxygens (including phenoxy) is 1. The minimum Gasteiger partial charge on any atom is -0.381 e. The van der Waals surface area contributed by atoms with Crippen LogP contribution >= 0.6 is 0 Å². The number of aromatic amines is 1. The molecule has 1 N–H and O–H groups in total. The monoisotopic (exact) mass is 371 g/mol. The molecule has 1 amide bonds. The molecule has 1 aliphatic heterocycles. The summed E-state index contributed by atoms with van der Waals surface area (Å²) in [5, 5.41) is 0. The highest BCUT2D eigenvalue weighted by Gasteiger charge is 2.30. The Hall–Kier alpha value is -2.29. The van der Waals surface area contributed by atoms with Crippen molar-refractivity contribution < 1.29 is 22.7 Å². The minimum absolute atomic E-state index is 0.121. The Morgan fingerprint density at radius 3 is 2.81 bits per heavy atom. The number of halogens is 3. The van der Waals surface area contributed by atoms with E-state index < -0.39 is 18.4 Å². The standard InChI is InChI=1S/C17H20F3N3O3/c1-2-22(8-11-5-6-26-9-11)15(24)12-3-4-14-13(7-12)21-16(25)23(14)10-17(18,19)20/h3-4,7,11H,2,5-6,8-10H2,1H3,(H,21,25). The van der Waals surface area contributed by atoms with E-state index in [0.717, 1.165) is 6.42 Å². The number of fused-ring (bicyclic) bond motifs is 1. The second-order valence-corrected chi connectivity index (χ2v) is 6.44. The summed E-state index contributed by atoms with van der Waals surface area (Å²) in [4.78, 5) is 28.6. The van der Waals surface area contributed by atoms with Crippen LogP contribution in [0.15, 0.2) is 23.0 Å². The number of nitrogens with zero attached hydrogens (tertiary/aromatic N) is 2. The molecule has 1 unspecified atom stereocenters. The fourth-order valence-electron chi connectivity index (χ4n) is 3.21. The first-order valence-corrected chi connectivity index (χ1v) is 8.45.